The predicted octanol–water partition coefficient (Wildman–Crippen LogP) is 4.88. The van der Waals surface area contributed by atoms with Crippen molar-refractivity contribution in [3.05, 3.63) is 41.4 Å². The first kappa shape index (κ1) is 15.8. The maximum absolute atomic E-state index is 3.78. The van der Waals surface area contributed by atoms with Crippen molar-refractivity contribution in [2.24, 2.45) is 0 Å². The van der Waals surface area contributed by atoms with E-state index in [1.54, 1.807) is 0 Å². The molecule has 0 aliphatic heterocycles. The Kier molecular flexibility index (Phi) is 8.47. The van der Waals surface area contributed by atoms with Gasteiger partial charge in [-0.15, -0.1) is 18.3 Å². The molecule has 0 bridgehead atoms. The zero-order chi connectivity index (χ0) is 13.2. The van der Waals surface area contributed by atoms with E-state index in [2.05, 4.69) is 59.0 Å². The predicted molar refractivity (Wildman–Crippen MR) is 86.4 cm³/mol. The largest absolute Gasteiger partial charge is 0.313 e. The number of halogens is 1. The molecule has 1 N–H and O–H groups in total. The van der Waals surface area contributed by atoms with Crippen LogP contribution in [0, 0.1) is 0 Å². The monoisotopic (exact) mass is 327 g/mol. The lowest BCUT2D eigenvalue weighted by atomic mass is 10.1. The van der Waals surface area contributed by atoms with Crippen molar-refractivity contribution in [3.63, 3.8) is 0 Å². The van der Waals surface area contributed by atoms with Gasteiger partial charge in [0.05, 0.1) is 0 Å². The number of hydrogen-bond acceptors (Lipinski definition) is 2. The Morgan fingerprint density at radius 1 is 1.39 bits per heavy atom. The quantitative estimate of drug-likeness (QED) is 0.394. The minimum Gasteiger partial charge on any atom is -0.313 e. The Balaban J connectivity index is 2.35. The molecule has 100 valence electrons. The van der Waals surface area contributed by atoms with Gasteiger partial charge >= 0.3 is 0 Å². The summed E-state index contributed by atoms with van der Waals surface area (Å²) in [5.74, 6) is 1.13. The smallest absolute Gasteiger partial charge is 0.0176 e. The third-order valence-electron chi connectivity index (χ3n) is 2.72. The van der Waals surface area contributed by atoms with Gasteiger partial charge in [-0.1, -0.05) is 28.9 Å². The van der Waals surface area contributed by atoms with Crippen LogP contribution >= 0.6 is 27.7 Å². The van der Waals surface area contributed by atoms with Gasteiger partial charge in [0.15, 0.2) is 0 Å². The molecule has 0 saturated carbocycles. The third kappa shape index (κ3) is 6.62. The van der Waals surface area contributed by atoms with E-state index in [1.165, 1.54) is 17.7 Å². The second-order valence-electron chi connectivity index (χ2n) is 4.24. The fourth-order valence-electron chi connectivity index (χ4n) is 1.77. The minimum atomic E-state index is 0.601. The molecule has 0 aliphatic rings. The van der Waals surface area contributed by atoms with E-state index in [0.29, 0.717) is 6.04 Å². The zero-order valence-corrected chi connectivity index (χ0v) is 13.4. The van der Waals surface area contributed by atoms with Crippen molar-refractivity contribution in [2.45, 2.75) is 37.1 Å². The van der Waals surface area contributed by atoms with Gasteiger partial charge in [-0.2, -0.15) is 0 Å². The van der Waals surface area contributed by atoms with Gasteiger partial charge in [0.1, 0.15) is 0 Å². The number of unbranched alkanes of at least 4 members (excludes halogenated alkanes) is 1. The Hall–Kier alpha value is -0.250. The van der Waals surface area contributed by atoms with Crippen LogP contribution in [0.3, 0.4) is 0 Å². The van der Waals surface area contributed by atoms with Crippen LogP contribution in [0.2, 0.25) is 0 Å². The van der Waals surface area contributed by atoms with Crippen molar-refractivity contribution >= 4 is 27.7 Å². The molecule has 0 aromatic heterocycles. The Labute approximate surface area is 124 Å². The minimum absolute atomic E-state index is 0.601. The maximum atomic E-state index is 3.78. The van der Waals surface area contributed by atoms with Gasteiger partial charge in [0.2, 0.25) is 0 Å². The van der Waals surface area contributed by atoms with Crippen molar-refractivity contribution in [3.8, 4) is 0 Å². The van der Waals surface area contributed by atoms with Gasteiger partial charge in [-0.05, 0) is 50.1 Å². The van der Waals surface area contributed by atoms with Gasteiger partial charge in [-0.25, -0.2) is 0 Å². The molecule has 1 unspecified atom stereocenters. The number of hydrogen-bond donors (Lipinski definition) is 1. The Morgan fingerprint density at radius 2 is 2.11 bits per heavy atom. The molecule has 18 heavy (non-hydrogen) atoms. The normalized spacial score (nSPS) is 12.3. The first-order chi connectivity index (χ1) is 8.76. The van der Waals surface area contributed by atoms with Crippen LogP contribution in [0.5, 0.6) is 0 Å². The summed E-state index contributed by atoms with van der Waals surface area (Å²) in [6, 6.07) is 9.14. The summed E-state index contributed by atoms with van der Waals surface area (Å²) in [5, 5.41) is 3.56. The third-order valence-corrected chi connectivity index (χ3v) is 4.42. The summed E-state index contributed by atoms with van der Waals surface area (Å²) in [6.07, 6.45) is 5.57. The van der Waals surface area contributed by atoms with Crippen molar-refractivity contribution in [1.82, 2.24) is 5.32 Å². The molecule has 1 aromatic carbocycles. The van der Waals surface area contributed by atoms with E-state index in [4.69, 9.17) is 0 Å². The molecular weight excluding hydrogens is 306 g/mol. The van der Waals surface area contributed by atoms with E-state index < -0.39 is 0 Å². The topological polar surface area (TPSA) is 12.0 Å². The van der Waals surface area contributed by atoms with E-state index in [1.807, 2.05) is 17.8 Å². The summed E-state index contributed by atoms with van der Waals surface area (Å²) in [7, 11) is 0. The van der Waals surface area contributed by atoms with Gasteiger partial charge in [-0.3, -0.25) is 0 Å². The molecule has 0 radical (unpaired) electrons. The number of benzene rings is 1. The summed E-state index contributed by atoms with van der Waals surface area (Å²) < 4.78 is 1.14. The first-order valence-corrected chi connectivity index (χ1v) is 8.26. The van der Waals surface area contributed by atoms with Crippen molar-refractivity contribution < 1.29 is 0 Å². The average Bonchev–Trinajstić information content (AvgIpc) is 2.38. The SMILES string of the molecule is C=CCCCC(CSc1ccc(Br)cc1)NCC. The van der Waals surface area contributed by atoms with Gasteiger partial charge in [0.25, 0.3) is 0 Å². The average molecular weight is 328 g/mol. The molecule has 0 amide bonds. The van der Waals surface area contributed by atoms with Crippen LogP contribution in [0.1, 0.15) is 26.2 Å². The highest BCUT2D eigenvalue weighted by Gasteiger charge is 2.07. The molecule has 1 atom stereocenters. The lowest BCUT2D eigenvalue weighted by molar-refractivity contribution is 0.521. The van der Waals surface area contributed by atoms with Crippen LogP contribution < -0.4 is 5.32 Å². The first-order valence-electron chi connectivity index (χ1n) is 6.49. The van der Waals surface area contributed by atoms with Gasteiger partial charge in [0, 0.05) is 21.2 Å². The molecule has 0 heterocycles. The summed E-state index contributed by atoms with van der Waals surface area (Å²) >= 11 is 5.39. The van der Waals surface area contributed by atoms with E-state index >= 15 is 0 Å². The highest BCUT2D eigenvalue weighted by molar-refractivity contribution is 9.10. The molecule has 0 aliphatic carbocycles. The van der Waals surface area contributed by atoms with E-state index in [-0.39, 0.29) is 0 Å². The number of thioether (sulfide) groups is 1. The molecule has 0 fully saturated rings. The fourth-order valence-corrected chi connectivity index (χ4v) is 3.04. The van der Waals surface area contributed by atoms with Crippen LogP contribution in [0.4, 0.5) is 0 Å². The second-order valence-corrected chi connectivity index (χ2v) is 6.25. The molecule has 1 aromatic rings. The summed E-state index contributed by atoms with van der Waals surface area (Å²) in [6.45, 7) is 6.99. The molecule has 0 saturated heterocycles. The van der Waals surface area contributed by atoms with Crippen molar-refractivity contribution in [1.29, 1.82) is 0 Å². The molecule has 3 heteroatoms. The molecule has 1 rings (SSSR count). The lowest BCUT2D eigenvalue weighted by Crippen LogP contribution is -2.31. The highest BCUT2D eigenvalue weighted by Crippen LogP contribution is 2.22. The second kappa shape index (κ2) is 9.65. The van der Waals surface area contributed by atoms with Gasteiger partial charge < -0.3 is 5.32 Å². The maximum Gasteiger partial charge on any atom is 0.0176 e. The number of rotatable bonds is 9. The lowest BCUT2D eigenvalue weighted by Gasteiger charge is -2.17. The fraction of sp³-hybridized carbons (Fsp3) is 0.467. The number of nitrogens with one attached hydrogen (secondary N) is 1. The van der Waals surface area contributed by atoms with E-state index in [9.17, 15) is 0 Å². The Bertz CT molecular complexity index is 337. The zero-order valence-electron chi connectivity index (χ0n) is 11.0. The number of allylic oxidation sites excluding steroid dienone is 1. The summed E-state index contributed by atoms with van der Waals surface area (Å²) in [5.41, 5.74) is 0. The highest BCUT2D eigenvalue weighted by atomic mass is 79.9. The molecule has 1 nitrogen and oxygen atoms in total. The standard InChI is InChI=1S/C15H22BrNS/c1-3-5-6-7-14(17-4-2)12-18-15-10-8-13(16)9-11-15/h3,8-11,14,17H,1,4-7,12H2,2H3. The Morgan fingerprint density at radius 3 is 2.72 bits per heavy atom. The van der Waals surface area contributed by atoms with E-state index in [0.717, 1.165) is 23.2 Å². The van der Waals surface area contributed by atoms with Crippen LogP contribution in [-0.4, -0.2) is 18.3 Å². The summed E-state index contributed by atoms with van der Waals surface area (Å²) in [4.78, 5) is 1.34. The van der Waals surface area contributed by atoms with Crippen LogP contribution in [0.15, 0.2) is 46.3 Å². The van der Waals surface area contributed by atoms with Crippen LogP contribution in [-0.2, 0) is 0 Å². The molecular formula is C15H22BrNS. The van der Waals surface area contributed by atoms with Crippen LogP contribution in [0.25, 0.3) is 0 Å². The van der Waals surface area contributed by atoms with Crippen molar-refractivity contribution in [2.75, 3.05) is 12.3 Å². The molecule has 0 spiro atoms.